The summed E-state index contributed by atoms with van der Waals surface area (Å²) in [5, 5.41) is 13.0. The van der Waals surface area contributed by atoms with Gasteiger partial charge in [0.05, 0.1) is 16.9 Å². The Morgan fingerprint density at radius 2 is 2.04 bits per heavy atom. The average molecular weight is 362 g/mol. The summed E-state index contributed by atoms with van der Waals surface area (Å²) in [6.07, 6.45) is 4.93. The van der Waals surface area contributed by atoms with Crippen molar-refractivity contribution in [1.29, 1.82) is 0 Å². The van der Waals surface area contributed by atoms with Crippen molar-refractivity contribution in [2.75, 3.05) is 13.1 Å². The monoisotopic (exact) mass is 362 g/mol. The molecule has 5 rings (SSSR count). The molecule has 2 aromatic heterocycles. The van der Waals surface area contributed by atoms with Gasteiger partial charge in [-0.2, -0.15) is 0 Å². The van der Waals surface area contributed by atoms with Crippen molar-refractivity contribution in [3.8, 4) is 5.69 Å². The normalized spacial score (nSPS) is 22.2. The van der Waals surface area contributed by atoms with Crippen LogP contribution < -0.4 is 5.32 Å². The molecule has 1 aromatic carbocycles. The molecule has 2 aliphatic rings. The Morgan fingerprint density at radius 3 is 2.96 bits per heavy atom. The Hall–Kier alpha value is -2.80. The molecule has 0 saturated carbocycles. The lowest BCUT2D eigenvalue weighted by Crippen LogP contribution is -2.43. The summed E-state index contributed by atoms with van der Waals surface area (Å²) in [4.78, 5) is 19.8. The van der Waals surface area contributed by atoms with Crippen LogP contribution >= 0.6 is 0 Å². The number of benzene rings is 1. The summed E-state index contributed by atoms with van der Waals surface area (Å²) in [6, 6.07) is 10.4. The van der Waals surface area contributed by atoms with E-state index in [2.05, 4.69) is 20.6 Å². The second-order valence-electron chi connectivity index (χ2n) is 7.37. The quantitative estimate of drug-likeness (QED) is 0.755. The van der Waals surface area contributed by atoms with E-state index in [9.17, 15) is 4.79 Å². The van der Waals surface area contributed by atoms with Gasteiger partial charge in [-0.25, -0.2) is 4.68 Å². The molecule has 3 aromatic rings. The number of rotatable bonds is 2. The van der Waals surface area contributed by atoms with E-state index >= 15 is 0 Å². The first-order valence-corrected chi connectivity index (χ1v) is 9.54. The first-order valence-electron chi connectivity index (χ1n) is 9.54. The Labute approximate surface area is 157 Å². The number of nitrogens with zero attached hydrogens (tertiary/aromatic N) is 5. The molecule has 2 atom stereocenters. The molecule has 0 aliphatic carbocycles. The van der Waals surface area contributed by atoms with Crippen LogP contribution in [0.4, 0.5) is 0 Å². The van der Waals surface area contributed by atoms with E-state index in [0.717, 1.165) is 54.6 Å². The van der Waals surface area contributed by atoms with E-state index in [1.54, 1.807) is 10.9 Å². The van der Waals surface area contributed by atoms with Crippen molar-refractivity contribution in [3.05, 3.63) is 47.9 Å². The van der Waals surface area contributed by atoms with Gasteiger partial charge in [-0.15, -0.1) is 5.10 Å². The maximum Gasteiger partial charge on any atom is 0.276 e. The van der Waals surface area contributed by atoms with Crippen molar-refractivity contribution in [2.24, 2.45) is 0 Å². The molecule has 7 heteroatoms. The largest absolute Gasteiger partial charge is 0.330 e. The maximum absolute atomic E-state index is 13.3. The first-order chi connectivity index (χ1) is 13.2. The molecule has 2 aliphatic heterocycles. The zero-order chi connectivity index (χ0) is 18.4. The predicted molar refractivity (Wildman–Crippen MR) is 102 cm³/mol. The fourth-order valence-electron chi connectivity index (χ4n) is 4.46. The van der Waals surface area contributed by atoms with Crippen molar-refractivity contribution < 1.29 is 4.79 Å². The summed E-state index contributed by atoms with van der Waals surface area (Å²) in [7, 11) is 0. The lowest BCUT2D eigenvalue weighted by atomic mass is 10.1. The van der Waals surface area contributed by atoms with Gasteiger partial charge in [0.2, 0.25) is 0 Å². The third kappa shape index (κ3) is 2.61. The van der Waals surface area contributed by atoms with Gasteiger partial charge in [-0.3, -0.25) is 9.78 Å². The van der Waals surface area contributed by atoms with Crippen LogP contribution in [0.1, 0.15) is 35.4 Å². The van der Waals surface area contributed by atoms with Gasteiger partial charge < -0.3 is 10.2 Å². The minimum Gasteiger partial charge on any atom is -0.330 e. The SMILES string of the molecule is Cc1c(C(=O)N2C3CCNCC2CC3)nnn1-c1cccc2ncccc12. The highest BCUT2D eigenvalue weighted by Crippen LogP contribution is 2.30. The number of hydrogen-bond acceptors (Lipinski definition) is 5. The Bertz CT molecular complexity index is 993. The minimum atomic E-state index is 0.00770. The van der Waals surface area contributed by atoms with E-state index < -0.39 is 0 Å². The fraction of sp³-hybridized carbons (Fsp3) is 0.400. The van der Waals surface area contributed by atoms with E-state index in [1.165, 1.54) is 0 Å². The lowest BCUT2D eigenvalue weighted by Gasteiger charge is -2.27. The summed E-state index contributed by atoms with van der Waals surface area (Å²) < 4.78 is 1.76. The van der Waals surface area contributed by atoms with Crippen molar-refractivity contribution in [3.63, 3.8) is 0 Å². The molecule has 4 heterocycles. The van der Waals surface area contributed by atoms with Crippen LogP contribution in [0.15, 0.2) is 36.5 Å². The fourth-order valence-corrected chi connectivity index (χ4v) is 4.46. The van der Waals surface area contributed by atoms with Gasteiger partial charge in [-0.1, -0.05) is 11.3 Å². The first kappa shape index (κ1) is 16.4. The number of aromatic nitrogens is 4. The molecular formula is C20H22N6O. The molecule has 7 nitrogen and oxygen atoms in total. The van der Waals surface area contributed by atoms with Crippen LogP contribution in [0.25, 0.3) is 16.6 Å². The predicted octanol–water partition coefficient (Wildman–Crippen LogP) is 2.09. The van der Waals surface area contributed by atoms with Gasteiger partial charge in [0, 0.05) is 30.2 Å². The van der Waals surface area contributed by atoms with E-state index in [1.807, 2.05) is 42.2 Å². The second-order valence-corrected chi connectivity index (χ2v) is 7.37. The molecule has 138 valence electrons. The van der Waals surface area contributed by atoms with Crippen molar-refractivity contribution >= 4 is 16.8 Å². The zero-order valence-electron chi connectivity index (χ0n) is 15.3. The summed E-state index contributed by atoms with van der Waals surface area (Å²) in [5.41, 5.74) is 3.02. The smallest absolute Gasteiger partial charge is 0.276 e. The Kier molecular flexibility index (Phi) is 3.89. The number of pyridine rings is 1. The highest BCUT2D eigenvalue weighted by atomic mass is 16.2. The number of nitrogens with one attached hydrogen (secondary N) is 1. The van der Waals surface area contributed by atoms with Crippen LogP contribution in [-0.2, 0) is 0 Å². The average Bonchev–Trinajstić information content (AvgIpc) is 3.19. The van der Waals surface area contributed by atoms with Crippen LogP contribution in [0.3, 0.4) is 0 Å². The van der Waals surface area contributed by atoms with E-state index in [4.69, 9.17) is 0 Å². The van der Waals surface area contributed by atoms with Crippen LogP contribution in [-0.4, -0.2) is 56.0 Å². The van der Waals surface area contributed by atoms with Gasteiger partial charge >= 0.3 is 0 Å². The van der Waals surface area contributed by atoms with Gasteiger partial charge in [-0.05, 0) is 57.0 Å². The molecule has 1 amide bonds. The Balaban J connectivity index is 1.55. The molecule has 2 saturated heterocycles. The summed E-state index contributed by atoms with van der Waals surface area (Å²) >= 11 is 0. The van der Waals surface area contributed by atoms with E-state index in [0.29, 0.717) is 11.7 Å². The molecular weight excluding hydrogens is 340 g/mol. The summed E-state index contributed by atoms with van der Waals surface area (Å²) in [5.74, 6) is 0.00770. The number of carbonyl (C=O) groups is 1. The molecule has 2 unspecified atom stereocenters. The van der Waals surface area contributed by atoms with Gasteiger partial charge in [0.15, 0.2) is 5.69 Å². The Morgan fingerprint density at radius 1 is 1.15 bits per heavy atom. The molecule has 0 spiro atoms. The molecule has 2 bridgehead atoms. The number of carbonyl (C=O) groups excluding carboxylic acids is 1. The second kappa shape index (κ2) is 6.42. The van der Waals surface area contributed by atoms with Gasteiger partial charge in [0.25, 0.3) is 5.91 Å². The topological polar surface area (TPSA) is 75.9 Å². The van der Waals surface area contributed by atoms with Crippen LogP contribution in [0, 0.1) is 6.92 Å². The third-order valence-electron chi connectivity index (χ3n) is 5.84. The molecule has 1 N–H and O–H groups in total. The lowest BCUT2D eigenvalue weighted by molar-refractivity contribution is 0.0673. The van der Waals surface area contributed by atoms with Crippen molar-refractivity contribution in [2.45, 2.75) is 38.3 Å². The molecule has 2 fully saturated rings. The maximum atomic E-state index is 13.3. The van der Waals surface area contributed by atoms with Crippen LogP contribution in [0.2, 0.25) is 0 Å². The van der Waals surface area contributed by atoms with Gasteiger partial charge in [0.1, 0.15) is 0 Å². The number of amides is 1. The molecule has 0 radical (unpaired) electrons. The number of hydrogen-bond donors (Lipinski definition) is 1. The molecule has 27 heavy (non-hydrogen) atoms. The van der Waals surface area contributed by atoms with E-state index in [-0.39, 0.29) is 11.9 Å². The number of fused-ring (bicyclic) bond motifs is 3. The zero-order valence-corrected chi connectivity index (χ0v) is 15.3. The standard InChI is InChI=1S/C20H22N6O/c1-13-19(20(27)25-14-7-8-15(25)12-21-11-9-14)23-24-26(13)18-6-2-5-17-16(18)4-3-10-22-17/h2-6,10,14-15,21H,7-9,11-12H2,1H3. The third-order valence-corrected chi connectivity index (χ3v) is 5.84. The van der Waals surface area contributed by atoms with Crippen molar-refractivity contribution in [1.82, 2.24) is 30.2 Å². The highest BCUT2D eigenvalue weighted by molar-refractivity contribution is 5.94. The minimum absolute atomic E-state index is 0.00770. The highest BCUT2D eigenvalue weighted by Gasteiger charge is 2.40. The van der Waals surface area contributed by atoms with Crippen LogP contribution in [0.5, 0.6) is 0 Å². The summed E-state index contributed by atoms with van der Waals surface area (Å²) in [6.45, 7) is 3.75.